The standard InChI is InChI=1S/C40H34N3O.C18H24NSi.Ir/c1-23(2)34-27-15-9-7-13-25(27)26-14-8-10-16-28(26)36(34)43-32-18-12-11-17-31(32)41-38(43)30-20-19-24(3)35-29-21-22-33(40(4,5)6)42-39(29)44-37(30)35;1-14(2)11-16-12-17(15-9-7-6-8-10-15)19-13-18(16)20(3,4)5;/h7-19,21-23H,1-6H3;6-9,12-14H,11H2,1-5H3;/q2*-1;. The summed E-state index contributed by atoms with van der Waals surface area (Å²) in [7, 11) is -1.34. The quantitative estimate of drug-likeness (QED) is 0.0907. The fraction of sp³-hybridized carbons (Fsp3) is 0.259. The van der Waals surface area contributed by atoms with E-state index in [2.05, 4.69) is 206 Å². The van der Waals surface area contributed by atoms with Gasteiger partial charge in [-0.3, -0.25) is 4.98 Å². The van der Waals surface area contributed by atoms with E-state index in [0.29, 0.717) is 11.6 Å². The van der Waals surface area contributed by atoms with E-state index in [1.54, 1.807) is 0 Å². The van der Waals surface area contributed by atoms with E-state index < -0.39 is 8.07 Å². The average Bonchev–Trinajstić information content (AvgIpc) is 3.85. The smallest absolute Gasteiger partial charge is 0.216 e. The zero-order valence-electron chi connectivity index (χ0n) is 39.5. The van der Waals surface area contributed by atoms with E-state index in [-0.39, 0.29) is 31.4 Å². The molecule has 10 aromatic rings. The molecule has 65 heavy (non-hydrogen) atoms. The van der Waals surface area contributed by atoms with Gasteiger partial charge in [-0.15, -0.1) is 53.6 Å². The molecule has 0 aliphatic heterocycles. The Kier molecular flexibility index (Phi) is 12.6. The van der Waals surface area contributed by atoms with Gasteiger partial charge in [0.15, 0.2) is 0 Å². The van der Waals surface area contributed by atoms with E-state index in [4.69, 9.17) is 14.4 Å². The Bertz CT molecular complexity index is 3350. The first-order chi connectivity index (χ1) is 30.6. The van der Waals surface area contributed by atoms with E-state index in [9.17, 15) is 0 Å². The fourth-order valence-electron chi connectivity index (χ4n) is 9.32. The van der Waals surface area contributed by atoms with Crippen LogP contribution in [0.1, 0.15) is 76.8 Å². The van der Waals surface area contributed by atoms with Gasteiger partial charge in [0.2, 0.25) is 5.71 Å². The first-order valence-corrected chi connectivity index (χ1v) is 26.2. The molecule has 0 unspecified atom stereocenters. The van der Waals surface area contributed by atoms with Gasteiger partial charge in [-0.1, -0.05) is 158 Å². The van der Waals surface area contributed by atoms with E-state index >= 15 is 0 Å². The molecule has 0 saturated carbocycles. The number of benzene rings is 6. The van der Waals surface area contributed by atoms with Gasteiger partial charge in [0.05, 0.1) is 36.2 Å². The second kappa shape index (κ2) is 17.9. The summed E-state index contributed by atoms with van der Waals surface area (Å²) in [5, 5.41) is 8.53. The molecule has 5 nitrogen and oxygen atoms in total. The molecular formula is C58H58IrN4OSi-2. The van der Waals surface area contributed by atoms with E-state index in [1.807, 2.05) is 18.2 Å². The number of aryl methyl sites for hydroxylation is 1. The Balaban J connectivity index is 0.000000232. The third-order valence-electron chi connectivity index (χ3n) is 12.3. The number of aromatic nitrogens is 4. The molecule has 0 amide bonds. The molecule has 0 bridgehead atoms. The van der Waals surface area contributed by atoms with Crippen LogP contribution in [-0.2, 0) is 31.9 Å². The summed E-state index contributed by atoms with van der Waals surface area (Å²) < 4.78 is 9.03. The molecule has 4 heterocycles. The summed E-state index contributed by atoms with van der Waals surface area (Å²) in [6.07, 6.45) is 3.24. The van der Waals surface area contributed by atoms with Crippen molar-refractivity contribution in [2.24, 2.45) is 5.92 Å². The maximum atomic E-state index is 6.68. The number of pyridine rings is 2. The van der Waals surface area contributed by atoms with Gasteiger partial charge in [-0.05, 0) is 75.1 Å². The Labute approximate surface area is 398 Å². The van der Waals surface area contributed by atoms with Gasteiger partial charge in [-0.2, -0.15) is 0 Å². The fourth-order valence-corrected chi connectivity index (χ4v) is 10.9. The summed E-state index contributed by atoms with van der Waals surface area (Å²) in [5.41, 5.74) is 12.3. The summed E-state index contributed by atoms with van der Waals surface area (Å²) in [5.74, 6) is 1.75. The maximum absolute atomic E-state index is 6.68. The molecule has 0 aliphatic rings. The minimum atomic E-state index is -1.34. The number of fused-ring (bicyclic) bond motifs is 7. The molecule has 6 aromatic carbocycles. The third kappa shape index (κ3) is 8.63. The molecule has 0 aliphatic carbocycles. The Hall–Kier alpha value is -5.72. The van der Waals surface area contributed by atoms with Crippen molar-refractivity contribution in [2.45, 2.75) is 92.8 Å². The Morgan fingerprint density at radius 2 is 1.40 bits per heavy atom. The third-order valence-corrected chi connectivity index (χ3v) is 14.4. The van der Waals surface area contributed by atoms with Gasteiger partial charge in [0.25, 0.3) is 0 Å². The van der Waals surface area contributed by atoms with Gasteiger partial charge in [0, 0.05) is 48.2 Å². The van der Waals surface area contributed by atoms with Crippen molar-refractivity contribution >= 4 is 67.9 Å². The van der Waals surface area contributed by atoms with E-state index in [1.165, 1.54) is 37.9 Å². The topological polar surface area (TPSA) is 56.7 Å². The molecule has 4 aromatic heterocycles. The van der Waals surface area contributed by atoms with Crippen LogP contribution in [0, 0.1) is 25.0 Å². The normalized spacial score (nSPS) is 12.1. The number of nitrogens with zero attached hydrogens (tertiary/aromatic N) is 4. The van der Waals surface area contributed by atoms with Crippen molar-refractivity contribution in [3.05, 3.63) is 162 Å². The number of imidazole rings is 1. The number of furan rings is 1. The summed E-state index contributed by atoms with van der Waals surface area (Å²) in [6.45, 7) is 25.0. The predicted molar refractivity (Wildman–Crippen MR) is 273 cm³/mol. The molecule has 0 fully saturated rings. The van der Waals surface area contributed by atoms with Crippen molar-refractivity contribution in [2.75, 3.05) is 0 Å². The van der Waals surface area contributed by atoms with Crippen LogP contribution in [-0.4, -0.2) is 27.6 Å². The van der Waals surface area contributed by atoms with Crippen LogP contribution < -0.4 is 5.19 Å². The van der Waals surface area contributed by atoms with Crippen LogP contribution in [0.5, 0.6) is 0 Å². The number of rotatable bonds is 7. The second-order valence-corrected chi connectivity index (χ2v) is 25.1. The Morgan fingerprint density at radius 3 is 2.06 bits per heavy atom. The van der Waals surface area contributed by atoms with Gasteiger partial charge in [-0.25, -0.2) is 4.98 Å². The molecule has 0 saturated heterocycles. The minimum Gasteiger partial charge on any atom is -0.486 e. The molecular weight excluding hydrogens is 989 g/mol. The van der Waals surface area contributed by atoms with Crippen LogP contribution in [0.2, 0.25) is 19.6 Å². The van der Waals surface area contributed by atoms with Crippen molar-refractivity contribution < 1.29 is 24.5 Å². The summed E-state index contributed by atoms with van der Waals surface area (Å²) >= 11 is 0. The zero-order chi connectivity index (χ0) is 45.1. The molecule has 0 atom stereocenters. The zero-order valence-corrected chi connectivity index (χ0v) is 42.9. The molecule has 0 N–H and O–H groups in total. The average molecular weight is 1050 g/mol. The molecule has 0 spiro atoms. The first kappa shape index (κ1) is 45.8. The monoisotopic (exact) mass is 1050 g/mol. The van der Waals surface area contributed by atoms with Crippen molar-refractivity contribution in [1.29, 1.82) is 0 Å². The number of para-hydroxylation sites is 2. The van der Waals surface area contributed by atoms with Crippen LogP contribution in [0.25, 0.3) is 83.0 Å². The number of hydrogen-bond acceptors (Lipinski definition) is 4. The summed E-state index contributed by atoms with van der Waals surface area (Å²) in [4.78, 5) is 15.0. The van der Waals surface area contributed by atoms with Crippen LogP contribution >= 0.6 is 0 Å². The van der Waals surface area contributed by atoms with E-state index in [0.717, 1.165) is 73.4 Å². The van der Waals surface area contributed by atoms with Gasteiger partial charge in [0.1, 0.15) is 0 Å². The van der Waals surface area contributed by atoms with Gasteiger partial charge < -0.3 is 14.0 Å². The first-order valence-electron chi connectivity index (χ1n) is 22.7. The van der Waals surface area contributed by atoms with Crippen LogP contribution in [0.4, 0.5) is 0 Å². The van der Waals surface area contributed by atoms with Gasteiger partial charge >= 0.3 is 0 Å². The van der Waals surface area contributed by atoms with Crippen molar-refractivity contribution in [3.8, 4) is 28.3 Å². The molecule has 7 heteroatoms. The maximum Gasteiger partial charge on any atom is 0.216 e. The molecule has 1 radical (unpaired) electrons. The van der Waals surface area contributed by atoms with Crippen LogP contribution in [0.15, 0.2) is 132 Å². The minimum absolute atomic E-state index is 0. The predicted octanol–water partition coefficient (Wildman–Crippen LogP) is 15.1. The SMILES string of the molecule is CC(C)Cc1cc(-c2[c-]cccc2)ncc1[Si](C)(C)C.Cc1c[c-]c(-c2nc3ccccc3n2-c2c(C(C)C)c3ccccc3c3ccccc23)c2oc3nc(C(C)(C)C)ccc3c12.[Ir]. The van der Waals surface area contributed by atoms with Crippen LogP contribution in [0.3, 0.4) is 0 Å². The largest absolute Gasteiger partial charge is 0.486 e. The molecule has 331 valence electrons. The second-order valence-electron chi connectivity index (χ2n) is 20.1. The van der Waals surface area contributed by atoms with Crippen molar-refractivity contribution in [3.63, 3.8) is 0 Å². The number of hydrogen-bond donors (Lipinski definition) is 0. The molecule has 10 rings (SSSR count). The van der Waals surface area contributed by atoms with Crippen molar-refractivity contribution in [1.82, 2.24) is 19.5 Å². The Morgan fingerprint density at radius 1 is 0.738 bits per heavy atom. The summed E-state index contributed by atoms with van der Waals surface area (Å²) in [6, 6.07) is 49.5.